The molecule has 5 aromatic rings. The molecule has 0 aliphatic rings. The monoisotopic (exact) mass is 551 g/mol. The third kappa shape index (κ3) is 7.30. The van der Waals surface area contributed by atoms with Gasteiger partial charge in [0, 0.05) is 13.0 Å². The molecule has 6 heteroatoms. The smallest absolute Gasteiger partial charge is 0.224 e. The van der Waals surface area contributed by atoms with Crippen LogP contribution in [0.25, 0.3) is 22.2 Å². The van der Waals surface area contributed by atoms with E-state index in [1.54, 1.807) is 0 Å². The highest BCUT2D eigenvalue weighted by atomic mass is 35.5. The molecule has 40 heavy (non-hydrogen) atoms. The number of imidazole rings is 1. The summed E-state index contributed by atoms with van der Waals surface area (Å²) in [5.41, 5.74) is 5.48. The fourth-order valence-corrected chi connectivity index (χ4v) is 5.07. The highest BCUT2D eigenvalue weighted by molar-refractivity contribution is 6.32. The van der Waals surface area contributed by atoms with E-state index < -0.39 is 0 Å². The Labute approximate surface area is 240 Å². The molecular formula is C34H34ClN3O2. The third-order valence-corrected chi connectivity index (χ3v) is 7.28. The van der Waals surface area contributed by atoms with Crippen molar-refractivity contribution >= 4 is 28.5 Å². The van der Waals surface area contributed by atoms with Gasteiger partial charge in [0.05, 0.1) is 29.0 Å². The van der Waals surface area contributed by atoms with Gasteiger partial charge >= 0.3 is 0 Å². The lowest BCUT2D eigenvalue weighted by Gasteiger charge is -2.12. The van der Waals surface area contributed by atoms with Gasteiger partial charge in [-0.3, -0.25) is 4.79 Å². The van der Waals surface area contributed by atoms with Gasteiger partial charge in [0.25, 0.3) is 0 Å². The summed E-state index contributed by atoms with van der Waals surface area (Å²) in [6, 6.07) is 34.2. The summed E-state index contributed by atoms with van der Waals surface area (Å²) >= 11 is 6.24. The van der Waals surface area contributed by atoms with E-state index in [1.807, 2.05) is 66.7 Å². The van der Waals surface area contributed by atoms with E-state index in [0.717, 1.165) is 53.7 Å². The number of amides is 1. The van der Waals surface area contributed by atoms with E-state index in [2.05, 4.69) is 46.3 Å². The number of nitrogens with one attached hydrogen (secondary N) is 1. The summed E-state index contributed by atoms with van der Waals surface area (Å²) < 4.78 is 8.19. The second kappa shape index (κ2) is 13.8. The van der Waals surface area contributed by atoms with Crippen LogP contribution in [0.5, 0.6) is 5.75 Å². The van der Waals surface area contributed by atoms with Gasteiger partial charge < -0.3 is 14.6 Å². The minimum absolute atomic E-state index is 0.0628. The third-order valence-electron chi connectivity index (χ3n) is 6.97. The normalized spacial score (nSPS) is 11.0. The number of fused-ring (bicyclic) bond motifs is 1. The van der Waals surface area contributed by atoms with Gasteiger partial charge in [-0.1, -0.05) is 96.9 Å². The molecule has 1 heterocycles. The van der Waals surface area contributed by atoms with Crippen LogP contribution in [0.3, 0.4) is 0 Å². The molecule has 0 radical (unpaired) electrons. The zero-order valence-corrected chi connectivity index (χ0v) is 23.3. The van der Waals surface area contributed by atoms with Crippen molar-refractivity contribution < 1.29 is 9.53 Å². The minimum Gasteiger partial charge on any atom is -0.490 e. The number of carbonyl (C=O) groups excluding carboxylic acids is 1. The molecule has 0 fully saturated rings. The number of carbonyl (C=O) groups is 1. The van der Waals surface area contributed by atoms with Gasteiger partial charge in [0.1, 0.15) is 18.2 Å². The van der Waals surface area contributed by atoms with Gasteiger partial charge in [0.15, 0.2) is 0 Å². The predicted molar refractivity (Wildman–Crippen MR) is 163 cm³/mol. The Morgan fingerprint density at radius 1 is 0.800 bits per heavy atom. The number of benzene rings is 4. The molecule has 0 aliphatic heterocycles. The van der Waals surface area contributed by atoms with Crippen LogP contribution in [0.15, 0.2) is 103 Å². The molecule has 0 unspecified atom stereocenters. The number of aromatic nitrogens is 2. The van der Waals surface area contributed by atoms with Crippen molar-refractivity contribution in [2.24, 2.45) is 0 Å². The lowest BCUT2D eigenvalue weighted by Crippen LogP contribution is -2.26. The predicted octanol–water partition coefficient (Wildman–Crippen LogP) is 7.51. The number of ether oxygens (including phenoxy) is 1. The molecular weight excluding hydrogens is 518 g/mol. The van der Waals surface area contributed by atoms with Crippen LogP contribution in [0, 0.1) is 0 Å². The number of para-hydroxylation sites is 3. The van der Waals surface area contributed by atoms with Crippen molar-refractivity contribution in [3.63, 3.8) is 0 Å². The number of hydrogen-bond donors (Lipinski definition) is 1. The van der Waals surface area contributed by atoms with Crippen LogP contribution >= 0.6 is 11.6 Å². The number of nitrogens with zero attached hydrogens (tertiary/aromatic N) is 2. The van der Waals surface area contributed by atoms with E-state index >= 15 is 0 Å². The van der Waals surface area contributed by atoms with Crippen LogP contribution in [-0.4, -0.2) is 28.6 Å². The number of halogens is 1. The van der Waals surface area contributed by atoms with E-state index in [9.17, 15) is 4.79 Å². The van der Waals surface area contributed by atoms with Crippen LogP contribution in [0.4, 0.5) is 0 Å². The lowest BCUT2D eigenvalue weighted by molar-refractivity contribution is -0.120. The highest BCUT2D eigenvalue weighted by Crippen LogP contribution is 2.24. The molecule has 1 amide bonds. The minimum atomic E-state index is 0.0628. The zero-order chi connectivity index (χ0) is 27.6. The Bertz CT molecular complexity index is 1530. The molecule has 1 N–H and O–H groups in total. The molecule has 204 valence electrons. The first kappa shape index (κ1) is 27.5. The molecule has 4 aromatic carbocycles. The van der Waals surface area contributed by atoms with E-state index in [1.165, 1.54) is 5.56 Å². The van der Waals surface area contributed by atoms with Gasteiger partial charge in [-0.2, -0.15) is 0 Å². The van der Waals surface area contributed by atoms with Crippen molar-refractivity contribution in [1.82, 2.24) is 14.9 Å². The van der Waals surface area contributed by atoms with E-state index in [-0.39, 0.29) is 5.91 Å². The molecule has 0 atom stereocenters. The number of aryl methyl sites for hydroxylation is 1. The molecule has 1 aromatic heterocycles. The Balaban J connectivity index is 1.05. The van der Waals surface area contributed by atoms with Crippen molar-refractivity contribution in [2.75, 3.05) is 13.2 Å². The Kier molecular flexibility index (Phi) is 9.49. The van der Waals surface area contributed by atoms with Crippen molar-refractivity contribution in [3.05, 3.63) is 120 Å². The molecule has 0 bridgehead atoms. The average Bonchev–Trinajstić information content (AvgIpc) is 3.34. The Hall–Kier alpha value is -4.09. The molecule has 0 aliphatic carbocycles. The SMILES string of the molecule is O=C(Cc1ccc(-c2ccccc2)cc1)NCCCCCc1nc2ccccc2n1CCOc1ccccc1Cl. The van der Waals surface area contributed by atoms with Gasteiger partial charge in [-0.05, 0) is 53.8 Å². The number of hydrogen-bond acceptors (Lipinski definition) is 3. The summed E-state index contributed by atoms with van der Waals surface area (Å²) in [5, 5.41) is 3.69. The highest BCUT2D eigenvalue weighted by Gasteiger charge is 2.11. The first-order valence-corrected chi connectivity index (χ1v) is 14.3. The first-order chi connectivity index (χ1) is 19.7. The largest absolute Gasteiger partial charge is 0.490 e. The summed E-state index contributed by atoms with van der Waals surface area (Å²) in [7, 11) is 0. The van der Waals surface area contributed by atoms with Crippen molar-refractivity contribution in [3.8, 4) is 16.9 Å². The maximum atomic E-state index is 12.4. The fourth-order valence-electron chi connectivity index (χ4n) is 4.88. The second-order valence-electron chi connectivity index (χ2n) is 9.85. The zero-order valence-electron chi connectivity index (χ0n) is 22.6. The number of unbranched alkanes of at least 4 members (excludes halogenated alkanes) is 2. The van der Waals surface area contributed by atoms with Crippen LogP contribution in [0.1, 0.15) is 30.7 Å². The Morgan fingerprint density at radius 2 is 1.52 bits per heavy atom. The second-order valence-corrected chi connectivity index (χ2v) is 10.3. The first-order valence-electron chi connectivity index (χ1n) is 13.9. The topological polar surface area (TPSA) is 56.2 Å². The molecule has 0 saturated carbocycles. The quantitative estimate of drug-likeness (QED) is 0.154. The Morgan fingerprint density at radius 3 is 2.35 bits per heavy atom. The van der Waals surface area contributed by atoms with Crippen molar-refractivity contribution in [1.29, 1.82) is 0 Å². The van der Waals surface area contributed by atoms with E-state index in [0.29, 0.717) is 36.9 Å². The summed E-state index contributed by atoms with van der Waals surface area (Å²) in [6.07, 6.45) is 4.24. The lowest BCUT2D eigenvalue weighted by atomic mass is 10.0. The van der Waals surface area contributed by atoms with Crippen LogP contribution in [0.2, 0.25) is 5.02 Å². The fraction of sp³-hybridized carbons (Fsp3) is 0.235. The summed E-state index contributed by atoms with van der Waals surface area (Å²) in [6.45, 7) is 1.89. The molecule has 5 nitrogen and oxygen atoms in total. The maximum absolute atomic E-state index is 12.4. The number of rotatable bonds is 13. The molecule has 0 spiro atoms. The van der Waals surface area contributed by atoms with Crippen LogP contribution < -0.4 is 10.1 Å². The van der Waals surface area contributed by atoms with Crippen molar-refractivity contribution in [2.45, 2.75) is 38.6 Å². The van der Waals surface area contributed by atoms with Gasteiger partial charge in [-0.25, -0.2) is 4.98 Å². The van der Waals surface area contributed by atoms with Gasteiger partial charge in [0.2, 0.25) is 5.91 Å². The van der Waals surface area contributed by atoms with E-state index in [4.69, 9.17) is 21.3 Å². The maximum Gasteiger partial charge on any atom is 0.224 e. The summed E-state index contributed by atoms with van der Waals surface area (Å²) in [4.78, 5) is 17.3. The van der Waals surface area contributed by atoms with Gasteiger partial charge in [-0.15, -0.1) is 0 Å². The summed E-state index contributed by atoms with van der Waals surface area (Å²) in [5.74, 6) is 1.82. The molecule has 5 rings (SSSR count). The standard InChI is InChI=1S/C34H34ClN3O2/c35-29-13-6-9-16-32(29)40-24-23-38-31-15-8-7-14-30(31)37-33(38)17-5-2-10-22-36-34(39)25-26-18-20-28(21-19-26)27-11-3-1-4-12-27/h1,3-4,6-9,11-16,18-21H,2,5,10,17,22-25H2,(H,36,39). The molecule has 0 saturated heterocycles. The van der Waals surface area contributed by atoms with Crippen LogP contribution in [-0.2, 0) is 24.2 Å². The average molecular weight is 552 g/mol.